The van der Waals surface area contributed by atoms with E-state index in [1.54, 1.807) is 24.3 Å². The van der Waals surface area contributed by atoms with Crippen LogP contribution in [0.15, 0.2) is 35.4 Å². The highest BCUT2D eigenvalue weighted by molar-refractivity contribution is 7.80. The first-order valence-electron chi connectivity index (χ1n) is 4.21. The van der Waals surface area contributed by atoms with E-state index >= 15 is 0 Å². The van der Waals surface area contributed by atoms with Crippen molar-refractivity contribution in [1.82, 2.24) is 14.8 Å². The van der Waals surface area contributed by atoms with Crippen molar-refractivity contribution in [3.05, 3.63) is 46.6 Å². The van der Waals surface area contributed by atoms with Crippen molar-refractivity contribution in [3.8, 4) is 5.69 Å². The van der Waals surface area contributed by atoms with E-state index in [-0.39, 0.29) is 5.69 Å². The molecule has 6 heteroatoms. The fourth-order valence-electron chi connectivity index (χ4n) is 1.24. The number of rotatable bonds is 2. The lowest BCUT2D eigenvalue weighted by Gasteiger charge is -2.02. The maximum atomic E-state index is 11.3. The van der Waals surface area contributed by atoms with Gasteiger partial charge in [-0.15, -0.1) is 0 Å². The van der Waals surface area contributed by atoms with Crippen molar-refractivity contribution >= 4 is 17.2 Å². The molecular weight excluding hydrogens is 212 g/mol. The van der Waals surface area contributed by atoms with Crippen LogP contribution in [0.3, 0.4) is 0 Å². The fraction of sp³-hybridized carbons (Fsp3) is 0. The summed E-state index contributed by atoms with van der Waals surface area (Å²) in [5.41, 5.74) is 6.60. The molecule has 0 bridgehead atoms. The number of nitrogens with zero attached hydrogens (tertiary/aromatic N) is 2. The molecule has 15 heavy (non-hydrogen) atoms. The Bertz CT molecular complexity index is 557. The molecule has 2 aromatic rings. The van der Waals surface area contributed by atoms with Gasteiger partial charge in [-0.2, -0.15) is 5.10 Å². The summed E-state index contributed by atoms with van der Waals surface area (Å²) >= 11 is 4.85. The molecule has 0 aliphatic carbocycles. The van der Waals surface area contributed by atoms with E-state index in [4.69, 9.17) is 18.0 Å². The van der Waals surface area contributed by atoms with E-state index in [9.17, 15) is 4.79 Å². The van der Waals surface area contributed by atoms with Gasteiger partial charge in [0, 0.05) is 5.56 Å². The van der Waals surface area contributed by atoms with Crippen LogP contribution in [0.5, 0.6) is 0 Å². The zero-order valence-electron chi connectivity index (χ0n) is 7.68. The number of thiocarbonyl (C=S) groups is 1. The molecule has 0 radical (unpaired) electrons. The maximum Gasteiger partial charge on any atom is 0.347 e. The number of nitrogens with two attached hydrogens (primary N) is 1. The first-order chi connectivity index (χ1) is 7.18. The second-order valence-electron chi connectivity index (χ2n) is 2.95. The van der Waals surface area contributed by atoms with Gasteiger partial charge in [-0.3, -0.25) is 0 Å². The van der Waals surface area contributed by atoms with Crippen molar-refractivity contribution in [2.24, 2.45) is 5.73 Å². The van der Waals surface area contributed by atoms with Gasteiger partial charge in [-0.25, -0.2) is 14.5 Å². The van der Waals surface area contributed by atoms with E-state index in [1.807, 2.05) is 0 Å². The lowest BCUT2D eigenvalue weighted by atomic mass is 10.2. The molecule has 0 aliphatic heterocycles. The lowest BCUT2D eigenvalue weighted by Crippen LogP contribution is -2.15. The Hall–Kier alpha value is -1.95. The van der Waals surface area contributed by atoms with Gasteiger partial charge in [0.1, 0.15) is 11.3 Å². The van der Waals surface area contributed by atoms with Gasteiger partial charge in [-0.1, -0.05) is 24.4 Å². The van der Waals surface area contributed by atoms with E-state index in [1.165, 1.54) is 10.9 Å². The third-order valence-corrected chi connectivity index (χ3v) is 2.20. The fourth-order valence-corrected chi connectivity index (χ4v) is 1.37. The molecule has 76 valence electrons. The Morgan fingerprint density at radius 3 is 2.93 bits per heavy atom. The number of aromatic amines is 1. The maximum absolute atomic E-state index is 11.3. The molecule has 1 heterocycles. The van der Waals surface area contributed by atoms with Crippen LogP contribution in [0.2, 0.25) is 0 Å². The number of hydrogen-bond donors (Lipinski definition) is 2. The van der Waals surface area contributed by atoms with Crippen molar-refractivity contribution in [3.63, 3.8) is 0 Å². The highest BCUT2D eigenvalue weighted by Crippen LogP contribution is 2.07. The monoisotopic (exact) mass is 220 g/mol. The van der Waals surface area contributed by atoms with Gasteiger partial charge in [0.05, 0.1) is 5.69 Å². The average Bonchev–Trinajstić information content (AvgIpc) is 2.64. The third kappa shape index (κ3) is 1.79. The van der Waals surface area contributed by atoms with Gasteiger partial charge < -0.3 is 5.73 Å². The van der Waals surface area contributed by atoms with Crippen molar-refractivity contribution < 1.29 is 0 Å². The van der Waals surface area contributed by atoms with Crippen molar-refractivity contribution in [2.45, 2.75) is 0 Å². The largest absolute Gasteiger partial charge is 0.389 e. The molecule has 0 fully saturated rings. The molecule has 0 spiro atoms. The second kappa shape index (κ2) is 3.66. The van der Waals surface area contributed by atoms with Gasteiger partial charge in [0.25, 0.3) is 0 Å². The number of benzene rings is 1. The van der Waals surface area contributed by atoms with E-state index in [0.29, 0.717) is 10.7 Å². The normalized spacial score (nSPS) is 10.1. The molecule has 0 aliphatic rings. The molecule has 0 amide bonds. The smallest absolute Gasteiger partial charge is 0.347 e. The molecule has 0 unspecified atom stereocenters. The van der Waals surface area contributed by atoms with Crippen LogP contribution in [0.4, 0.5) is 0 Å². The summed E-state index contributed by atoms with van der Waals surface area (Å²) in [4.78, 5) is 11.6. The molecule has 0 atom stereocenters. The lowest BCUT2D eigenvalue weighted by molar-refractivity contribution is 0.982. The van der Waals surface area contributed by atoms with Crippen LogP contribution in [0, 0.1) is 0 Å². The molecule has 1 aromatic heterocycles. The topological polar surface area (TPSA) is 76.7 Å². The summed E-state index contributed by atoms with van der Waals surface area (Å²) in [6.45, 7) is 0. The highest BCUT2D eigenvalue weighted by atomic mass is 32.1. The summed E-state index contributed by atoms with van der Waals surface area (Å²) in [7, 11) is 0. The van der Waals surface area contributed by atoms with Gasteiger partial charge in [0.2, 0.25) is 0 Å². The molecule has 2 rings (SSSR count). The summed E-state index contributed by atoms with van der Waals surface area (Å²) in [5.74, 6) is 0. The Kier molecular flexibility index (Phi) is 2.34. The van der Waals surface area contributed by atoms with Crippen LogP contribution in [0.1, 0.15) is 5.56 Å². The van der Waals surface area contributed by atoms with Gasteiger partial charge in [-0.05, 0) is 12.1 Å². The zero-order valence-corrected chi connectivity index (χ0v) is 8.49. The van der Waals surface area contributed by atoms with Crippen molar-refractivity contribution in [1.29, 1.82) is 0 Å². The van der Waals surface area contributed by atoms with Gasteiger partial charge in [0.15, 0.2) is 0 Å². The third-order valence-electron chi connectivity index (χ3n) is 1.96. The Morgan fingerprint density at radius 2 is 2.33 bits per heavy atom. The Morgan fingerprint density at radius 1 is 1.53 bits per heavy atom. The predicted octanol–water partition coefficient (Wildman–Crippen LogP) is 0.195. The number of nitrogens with one attached hydrogen (secondary N) is 1. The molecule has 0 saturated heterocycles. The molecule has 0 saturated carbocycles. The van der Waals surface area contributed by atoms with Crippen molar-refractivity contribution in [2.75, 3.05) is 0 Å². The van der Waals surface area contributed by atoms with E-state index in [0.717, 1.165) is 5.56 Å². The molecular formula is C9H8N4OS. The molecule has 1 aromatic carbocycles. The molecule has 5 nitrogen and oxygen atoms in total. The zero-order chi connectivity index (χ0) is 10.8. The highest BCUT2D eigenvalue weighted by Gasteiger charge is 2.02. The van der Waals surface area contributed by atoms with Crippen LogP contribution in [-0.4, -0.2) is 19.8 Å². The SMILES string of the molecule is NC(=S)c1cccc(-n2cn[nH]c2=O)c1. The Labute approximate surface area is 90.5 Å². The summed E-state index contributed by atoms with van der Waals surface area (Å²) in [5, 5.41) is 5.94. The van der Waals surface area contributed by atoms with Crippen LogP contribution >= 0.6 is 12.2 Å². The van der Waals surface area contributed by atoms with Crippen LogP contribution < -0.4 is 11.4 Å². The number of hydrogen-bond acceptors (Lipinski definition) is 3. The Balaban J connectivity index is 2.55. The minimum atomic E-state index is -0.296. The molecule has 3 N–H and O–H groups in total. The van der Waals surface area contributed by atoms with E-state index in [2.05, 4.69) is 10.2 Å². The van der Waals surface area contributed by atoms with E-state index < -0.39 is 0 Å². The van der Waals surface area contributed by atoms with Crippen LogP contribution in [0.25, 0.3) is 5.69 Å². The van der Waals surface area contributed by atoms with Gasteiger partial charge >= 0.3 is 5.69 Å². The first-order valence-corrected chi connectivity index (χ1v) is 4.61. The summed E-state index contributed by atoms with van der Waals surface area (Å²) < 4.78 is 1.38. The standard InChI is InChI=1S/C9H8N4OS/c10-8(15)6-2-1-3-7(4-6)13-5-11-12-9(13)14/h1-5H,(H2,10,15)(H,12,14). The number of aromatic nitrogens is 3. The average molecular weight is 220 g/mol. The second-order valence-corrected chi connectivity index (χ2v) is 3.39. The first kappa shape index (κ1) is 9.60. The minimum Gasteiger partial charge on any atom is -0.389 e. The minimum absolute atomic E-state index is 0.296. The number of H-pyrrole nitrogens is 1. The predicted molar refractivity (Wildman–Crippen MR) is 60.1 cm³/mol. The quantitative estimate of drug-likeness (QED) is 0.708. The summed E-state index contributed by atoms with van der Waals surface area (Å²) in [6, 6.07) is 7.08. The summed E-state index contributed by atoms with van der Waals surface area (Å²) in [6.07, 6.45) is 1.40. The van der Waals surface area contributed by atoms with Crippen LogP contribution in [-0.2, 0) is 0 Å².